The highest BCUT2D eigenvalue weighted by Gasteiger charge is 2.39. The third-order valence-electron chi connectivity index (χ3n) is 5.32. The predicted molar refractivity (Wildman–Crippen MR) is 90.5 cm³/mol. The molecule has 1 aliphatic carbocycles. The van der Waals surface area contributed by atoms with Crippen molar-refractivity contribution in [3.8, 4) is 0 Å². The summed E-state index contributed by atoms with van der Waals surface area (Å²) < 4.78 is 0. The monoisotopic (exact) mass is 316 g/mol. The van der Waals surface area contributed by atoms with E-state index in [-0.39, 0.29) is 17.2 Å². The number of nitrogens with zero attached hydrogens (tertiary/aromatic N) is 2. The van der Waals surface area contributed by atoms with E-state index in [4.69, 9.17) is 0 Å². The van der Waals surface area contributed by atoms with Crippen LogP contribution in [0.15, 0.2) is 23.5 Å². The Morgan fingerprint density at radius 2 is 2.04 bits per heavy atom. The summed E-state index contributed by atoms with van der Waals surface area (Å²) in [4.78, 5) is 28.2. The lowest BCUT2D eigenvalue weighted by Gasteiger charge is -2.48. The summed E-state index contributed by atoms with van der Waals surface area (Å²) in [6, 6.07) is 0.290. The maximum atomic E-state index is 12.2. The summed E-state index contributed by atoms with van der Waals surface area (Å²) in [5.41, 5.74) is 2.45. The third kappa shape index (κ3) is 3.08. The minimum atomic E-state index is -0.140. The topological polar surface area (TPSA) is 40.6 Å². The molecule has 0 aromatic heterocycles. The zero-order valence-electron chi connectivity index (χ0n) is 14.8. The number of hydrogen-bond acceptors (Lipinski definition) is 3. The molecule has 0 radical (unpaired) electrons. The first-order chi connectivity index (χ1) is 10.8. The molecule has 1 saturated heterocycles. The molecule has 1 amide bonds. The van der Waals surface area contributed by atoms with E-state index in [1.807, 2.05) is 6.08 Å². The lowest BCUT2D eigenvalue weighted by Crippen LogP contribution is -2.53. The van der Waals surface area contributed by atoms with Gasteiger partial charge in [0.1, 0.15) is 0 Å². The zero-order valence-corrected chi connectivity index (χ0v) is 14.8. The third-order valence-corrected chi connectivity index (χ3v) is 5.32. The largest absolute Gasteiger partial charge is 0.348 e. The first-order valence-corrected chi connectivity index (χ1v) is 8.78. The molecular weight excluding hydrogens is 288 g/mol. The molecule has 0 aromatic rings. The molecule has 3 aliphatic rings. The van der Waals surface area contributed by atoms with Gasteiger partial charge in [-0.2, -0.15) is 0 Å². The maximum absolute atomic E-state index is 12.2. The maximum Gasteiger partial charge on any atom is 0.220 e. The minimum Gasteiger partial charge on any atom is -0.348 e. The van der Waals surface area contributed by atoms with E-state index in [1.165, 1.54) is 11.4 Å². The van der Waals surface area contributed by atoms with Crippen LogP contribution in [0.5, 0.6) is 0 Å². The van der Waals surface area contributed by atoms with Crippen LogP contribution >= 0.6 is 0 Å². The second-order valence-corrected chi connectivity index (χ2v) is 8.05. The van der Waals surface area contributed by atoms with E-state index in [9.17, 15) is 9.59 Å². The van der Waals surface area contributed by atoms with E-state index < -0.39 is 0 Å². The molecule has 0 N–H and O–H groups in total. The fourth-order valence-corrected chi connectivity index (χ4v) is 4.58. The highest BCUT2D eigenvalue weighted by molar-refractivity contribution is 5.91. The molecule has 2 atom stereocenters. The number of ketones is 1. The van der Waals surface area contributed by atoms with Crippen molar-refractivity contribution in [3.05, 3.63) is 23.5 Å². The van der Waals surface area contributed by atoms with Crippen LogP contribution in [0.25, 0.3) is 0 Å². The highest BCUT2D eigenvalue weighted by Crippen LogP contribution is 2.42. The van der Waals surface area contributed by atoms with Crippen LogP contribution in [0.2, 0.25) is 0 Å². The molecule has 1 fully saturated rings. The van der Waals surface area contributed by atoms with Gasteiger partial charge in [-0.3, -0.25) is 9.59 Å². The van der Waals surface area contributed by atoms with Gasteiger partial charge in [0.25, 0.3) is 0 Å². The normalized spacial score (nSPS) is 27.7. The molecule has 0 spiro atoms. The quantitative estimate of drug-likeness (QED) is 0.745. The van der Waals surface area contributed by atoms with Crippen LogP contribution < -0.4 is 0 Å². The van der Waals surface area contributed by atoms with Crippen LogP contribution in [0.1, 0.15) is 59.8 Å². The average Bonchev–Trinajstić information content (AvgIpc) is 2.44. The number of allylic oxidation sites excluding steroid dienone is 3. The lowest BCUT2D eigenvalue weighted by molar-refractivity contribution is -0.137. The number of carbonyl (C=O) groups is 2. The molecule has 126 valence electrons. The number of carbonyl (C=O) groups excluding carboxylic acids is 2. The first kappa shape index (κ1) is 16.3. The molecule has 4 heteroatoms. The first-order valence-electron chi connectivity index (χ1n) is 8.78. The van der Waals surface area contributed by atoms with Crippen LogP contribution in [0, 0.1) is 5.92 Å². The van der Waals surface area contributed by atoms with Gasteiger partial charge in [-0.1, -0.05) is 6.08 Å². The van der Waals surface area contributed by atoms with E-state index in [0.29, 0.717) is 18.4 Å². The zero-order chi connectivity index (χ0) is 16.8. The van der Waals surface area contributed by atoms with Crippen molar-refractivity contribution >= 4 is 11.7 Å². The average molecular weight is 316 g/mol. The molecule has 0 aromatic carbocycles. The van der Waals surface area contributed by atoms with Crippen molar-refractivity contribution in [1.82, 2.24) is 9.80 Å². The summed E-state index contributed by atoms with van der Waals surface area (Å²) in [7, 11) is 0. The van der Waals surface area contributed by atoms with Crippen LogP contribution in [0.3, 0.4) is 0 Å². The lowest BCUT2D eigenvalue weighted by atomic mass is 9.79. The van der Waals surface area contributed by atoms with Gasteiger partial charge in [0.2, 0.25) is 5.91 Å². The van der Waals surface area contributed by atoms with E-state index >= 15 is 0 Å². The Balaban J connectivity index is 1.83. The van der Waals surface area contributed by atoms with Crippen molar-refractivity contribution < 1.29 is 9.59 Å². The molecule has 4 nitrogen and oxygen atoms in total. The molecule has 2 aliphatic heterocycles. The van der Waals surface area contributed by atoms with Gasteiger partial charge in [0.05, 0.1) is 0 Å². The standard InChI is InChI=1S/C19H28N2O2/c1-13(22)21(19(2,3)4)16-7-8-18-14(11-16)5-6-15-12-17(23)9-10-20(15)18/h8,12,14,16H,5-7,9-11H2,1-4H3. The van der Waals surface area contributed by atoms with Crippen LogP contribution in [-0.4, -0.2) is 39.6 Å². The second kappa shape index (κ2) is 5.81. The smallest absolute Gasteiger partial charge is 0.220 e. The van der Waals surface area contributed by atoms with Crippen molar-refractivity contribution in [3.63, 3.8) is 0 Å². The van der Waals surface area contributed by atoms with Gasteiger partial charge >= 0.3 is 0 Å². The molecule has 2 heterocycles. The van der Waals surface area contributed by atoms with E-state index in [1.54, 1.807) is 6.92 Å². The number of piperidine rings is 1. The molecule has 3 rings (SSSR count). The Labute approximate surface area is 139 Å². The van der Waals surface area contributed by atoms with Crippen LogP contribution in [-0.2, 0) is 9.59 Å². The van der Waals surface area contributed by atoms with E-state index in [2.05, 4.69) is 36.6 Å². The van der Waals surface area contributed by atoms with Gasteiger partial charge in [-0.15, -0.1) is 0 Å². The molecule has 0 saturated carbocycles. The number of fused-ring (bicyclic) bond motifs is 3. The number of hydrogen-bond donors (Lipinski definition) is 0. The summed E-state index contributed by atoms with van der Waals surface area (Å²) in [5.74, 6) is 0.946. The Kier molecular flexibility index (Phi) is 4.11. The second-order valence-electron chi connectivity index (χ2n) is 8.05. The molecule has 0 bridgehead atoms. The van der Waals surface area contributed by atoms with Crippen molar-refractivity contribution in [1.29, 1.82) is 0 Å². The summed E-state index contributed by atoms with van der Waals surface area (Å²) in [6.45, 7) is 8.86. The fraction of sp³-hybridized carbons (Fsp3) is 0.684. The number of rotatable bonds is 1. The molecular formula is C19H28N2O2. The fourth-order valence-electron chi connectivity index (χ4n) is 4.58. The van der Waals surface area contributed by atoms with Gasteiger partial charge in [-0.05, 0) is 46.5 Å². The van der Waals surface area contributed by atoms with Crippen molar-refractivity contribution in [2.24, 2.45) is 5.92 Å². The van der Waals surface area contributed by atoms with E-state index in [0.717, 1.165) is 32.2 Å². The van der Waals surface area contributed by atoms with Gasteiger partial charge < -0.3 is 9.80 Å². The Morgan fingerprint density at radius 1 is 1.30 bits per heavy atom. The number of amides is 1. The van der Waals surface area contributed by atoms with Crippen LogP contribution in [0.4, 0.5) is 0 Å². The summed E-state index contributed by atoms with van der Waals surface area (Å²) in [6.07, 6.45) is 8.82. The minimum absolute atomic E-state index is 0.140. The Bertz CT molecular complexity index is 583. The summed E-state index contributed by atoms with van der Waals surface area (Å²) >= 11 is 0. The van der Waals surface area contributed by atoms with Crippen molar-refractivity contribution in [2.45, 2.75) is 71.4 Å². The van der Waals surface area contributed by atoms with Gasteiger partial charge in [0, 0.05) is 54.9 Å². The van der Waals surface area contributed by atoms with Gasteiger partial charge in [-0.25, -0.2) is 0 Å². The predicted octanol–water partition coefficient (Wildman–Crippen LogP) is 3.25. The Hall–Kier alpha value is -1.58. The SMILES string of the molecule is CC(=O)N(C1CC=C2C(CCC3=CC(=O)CCN32)C1)C(C)(C)C. The highest BCUT2D eigenvalue weighted by atomic mass is 16.2. The molecule has 2 unspecified atom stereocenters. The molecule has 23 heavy (non-hydrogen) atoms. The van der Waals surface area contributed by atoms with Gasteiger partial charge in [0.15, 0.2) is 5.78 Å². The Morgan fingerprint density at radius 3 is 2.70 bits per heavy atom. The summed E-state index contributed by atoms with van der Waals surface area (Å²) in [5, 5.41) is 0. The van der Waals surface area contributed by atoms with Crippen molar-refractivity contribution in [2.75, 3.05) is 6.54 Å².